The van der Waals surface area contributed by atoms with Crippen LogP contribution >= 0.6 is 0 Å². The van der Waals surface area contributed by atoms with Crippen molar-refractivity contribution in [2.45, 2.75) is 27.1 Å². The Balaban J connectivity index is 2.92. The average Bonchev–Trinajstić information content (AvgIpc) is 2.16. The molecule has 0 spiro atoms. The van der Waals surface area contributed by atoms with Crippen molar-refractivity contribution in [2.75, 3.05) is 5.32 Å². The van der Waals surface area contributed by atoms with Gasteiger partial charge in [0.15, 0.2) is 6.29 Å². The Hall–Kier alpha value is -1.46. The summed E-state index contributed by atoms with van der Waals surface area (Å²) in [6.07, 6.45) is -1.56. The topological polar surface area (TPSA) is 82.5 Å². The van der Waals surface area contributed by atoms with Gasteiger partial charge in [-0.05, 0) is 19.1 Å². The van der Waals surface area contributed by atoms with Crippen molar-refractivity contribution in [1.29, 1.82) is 0 Å². The lowest BCUT2D eigenvalue weighted by atomic mass is 10.2. The Morgan fingerprint density at radius 1 is 1.38 bits per heavy atom. The lowest BCUT2D eigenvalue weighted by Gasteiger charge is -2.10. The van der Waals surface area contributed by atoms with E-state index in [0.29, 0.717) is 17.1 Å². The molecule has 0 saturated carbocycles. The smallest absolute Gasteiger partial charge is 0.228 e. The zero-order valence-corrected chi connectivity index (χ0v) is 9.56. The molecular formula is C11H16N2O3. The van der Waals surface area contributed by atoms with Crippen LogP contribution in [0.15, 0.2) is 12.1 Å². The predicted molar refractivity (Wildman–Crippen MR) is 59.6 cm³/mol. The molecule has 5 heteroatoms. The van der Waals surface area contributed by atoms with Crippen LogP contribution in [0.3, 0.4) is 0 Å². The van der Waals surface area contributed by atoms with Gasteiger partial charge in [0.2, 0.25) is 5.91 Å². The molecule has 0 aromatic carbocycles. The number of hydrogen-bond donors (Lipinski definition) is 3. The highest BCUT2D eigenvalue weighted by Crippen LogP contribution is 2.16. The minimum atomic E-state index is -1.56. The van der Waals surface area contributed by atoms with Gasteiger partial charge in [-0.25, -0.2) is 4.98 Å². The third kappa shape index (κ3) is 3.29. The van der Waals surface area contributed by atoms with Crippen molar-refractivity contribution >= 4 is 11.7 Å². The highest BCUT2D eigenvalue weighted by molar-refractivity contribution is 5.91. The van der Waals surface area contributed by atoms with E-state index in [4.69, 9.17) is 10.2 Å². The number of nitrogens with one attached hydrogen (secondary N) is 1. The lowest BCUT2D eigenvalue weighted by Crippen LogP contribution is -2.19. The highest BCUT2D eigenvalue weighted by Gasteiger charge is 2.10. The fourth-order valence-corrected chi connectivity index (χ4v) is 1.18. The molecule has 88 valence electrons. The van der Waals surface area contributed by atoms with Gasteiger partial charge in [-0.1, -0.05) is 13.8 Å². The molecule has 0 unspecified atom stereocenters. The van der Waals surface area contributed by atoms with Crippen molar-refractivity contribution in [3.8, 4) is 0 Å². The van der Waals surface area contributed by atoms with Gasteiger partial charge in [-0.15, -0.1) is 0 Å². The second-order valence-corrected chi connectivity index (χ2v) is 3.94. The van der Waals surface area contributed by atoms with Crippen LogP contribution in [0.5, 0.6) is 0 Å². The summed E-state index contributed by atoms with van der Waals surface area (Å²) in [5.41, 5.74) is 0.927. The number of carbonyl (C=O) groups excluding carboxylic acids is 1. The van der Waals surface area contributed by atoms with E-state index in [1.807, 2.05) is 0 Å². The molecule has 1 aromatic rings. The minimum Gasteiger partial charge on any atom is -0.364 e. The van der Waals surface area contributed by atoms with Crippen LogP contribution in [0.4, 0.5) is 5.82 Å². The number of anilines is 1. The maximum absolute atomic E-state index is 11.4. The molecule has 0 fully saturated rings. The monoisotopic (exact) mass is 224 g/mol. The maximum Gasteiger partial charge on any atom is 0.228 e. The first-order valence-electron chi connectivity index (χ1n) is 5.05. The van der Waals surface area contributed by atoms with Crippen LogP contribution in [-0.4, -0.2) is 21.1 Å². The van der Waals surface area contributed by atoms with Crippen molar-refractivity contribution in [3.63, 3.8) is 0 Å². The Morgan fingerprint density at radius 2 is 2.00 bits per heavy atom. The van der Waals surface area contributed by atoms with Crippen LogP contribution in [0, 0.1) is 12.8 Å². The zero-order valence-electron chi connectivity index (χ0n) is 9.56. The number of aryl methyl sites for hydroxylation is 1. The number of carbonyl (C=O) groups is 1. The van der Waals surface area contributed by atoms with Gasteiger partial charge in [0, 0.05) is 17.2 Å². The van der Waals surface area contributed by atoms with Crippen molar-refractivity contribution < 1.29 is 15.0 Å². The van der Waals surface area contributed by atoms with Crippen molar-refractivity contribution in [2.24, 2.45) is 5.92 Å². The summed E-state index contributed by atoms with van der Waals surface area (Å²) >= 11 is 0. The third-order valence-corrected chi connectivity index (χ3v) is 2.05. The Kier molecular flexibility index (Phi) is 3.98. The quantitative estimate of drug-likeness (QED) is 0.668. The Bertz CT molecular complexity index is 389. The predicted octanol–water partition coefficient (Wildman–Crippen LogP) is 0.968. The van der Waals surface area contributed by atoms with Crippen LogP contribution < -0.4 is 5.32 Å². The molecule has 1 amide bonds. The Labute approximate surface area is 94.1 Å². The first kappa shape index (κ1) is 12.6. The number of nitrogens with zero attached hydrogens (tertiary/aromatic N) is 1. The van der Waals surface area contributed by atoms with Crippen LogP contribution in [0.2, 0.25) is 0 Å². The summed E-state index contributed by atoms with van der Waals surface area (Å²) in [6.45, 7) is 5.26. The van der Waals surface area contributed by atoms with Gasteiger partial charge in [0.1, 0.15) is 5.82 Å². The molecule has 0 aliphatic heterocycles. The molecule has 0 aliphatic carbocycles. The van der Waals surface area contributed by atoms with Gasteiger partial charge in [-0.2, -0.15) is 0 Å². The summed E-state index contributed by atoms with van der Waals surface area (Å²) < 4.78 is 0. The molecule has 1 heterocycles. The minimum absolute atomic E-state index is 0.148. The molecule has 5 nitrogen and oxygen atoms in total. The number of pyridine rings is 1. The number of aliphatic hydroxyl groups is 2. The molecule has 0 bridgehead atoms. The van der Waals surface area contributed by atoms with Gasteiger partial charge in [0.25, 0.3) is 0 Å². The molecular weight excluding hydrogens is 208 g/mol. The van der Waals surface area contributed by atoms with E-state index in [-0.39, 0.29) is 11.8 Å². The first-order valence-corrected chi connectivity index (χ1v) is 5.05. The number of aliphatic hydroxyl groups excluding tert-OH is 1. The fourth-order valence-electron chi connectivity index (χ4n) is 1.18. The lowest BCUT2D eigenvalue weighted by molar-refractivity contribution is -0.118. The van der Waals surface area contributed by atoms with Gasteiger partial charge >= 0.3 is 0 Å². The number of amides is 1. The summed E-state index contributed by atoms with van der Waals surface area (Å²) in [5.74, 6) is 0.0306. The normalized spacial score (nSPS) is 10.9. The fraction of sp³-hybridized carbons (Fsp3) is 0.455. The molecule has 1 aromatic heterocycles. The molecule has 0 atom stereocenters. The zero-order chi connectivity index (χ0) is 12.3. The summed E-state index contributed by atoms with van der Waals surface area (Å²) in [4.78, 5) is 15.5. The van der Waals surface area contributed by atoms with E-state index in [1.54, 1.807) is 26.8 Å². The summed E-state index contributed by atoms with van der Waals surface area (Å²) in [7, 11) is 0. The van der Waals surface area contributed by atoms with Gasteiger partial charge < -0.3 is 15.5 Å². The largest absolute Gasteiger partial charge is 0.364 e. The standard InChI is InChI=1S/C11H16N2O3/c1-6(2)10(14)13-9-5-8(11(15)16)4-7(3)12-9/h4-6,11,15-16H,1-3H3,(H,12,13,14). The summed E-state index contributed by atoms with van der Waals surface area (Å²) in [6, 6.07) is 2.99. The van der Waals surface area contributed by atoms with E-state index < -0.39 is 6.29 Å². The molecule has 16 heavy (non-hydrogen) atoms. The number of hydrogen-bond acceptors (Lipinski definition) is 4. The molecule has 0 radical (unpaired) electrons. The second-order valence-electron chi connectivity index (χ2n) is 3.94. The van der Waals surface area contributed by atoms with Crippen molar-refractivity contribution in [1.82, 2.24) is 4.98 Å². The van der Waals surface area contributed by atoms with E-state index in [2.05, 4.69) is 10.3 Å². The SMILES string of the molecule is Cc1cc(C(O)O)cc(NC(=O)C(C)C)n1. The molecule has 1 rings (SSSR count). The first-order chi connectivity index (χ1) is 7.40. The van der Waals surface area contributed by atoms with Crippen molar-refractivity contribution in [3.05, 3.63) is 23.4 Å². The van der Waals surface area contributed by atoms with Gasteiger partial charge in [0.05, 0.1) is 0 Å². The average molecular weight is 224 g/mol. The van der Waals surface area contributed by atoms with Crippen LogP contribution in [0.1, 0.15) is 31.4 Å². The van der Waals surface area contributed by atoms with Gasteiger partial charge in [-0.3, -0.25) is 4.79 Å². The highest BCUT2D eigenvalue weighted by atomic mass is 16.5. The number of rotatable bonds is 3. The summed E-state index contributed by atoms with van der Waals surface area (Å²) in [5, 5.41) is 20.7. The van der Waals surface area contributed by atoms with Crippen LogP contribution in [-0.2, 0) is 4.79 Å². The van der Waals surface area contributed by atoms with E-state index >= 15 is 0 Å². The molecule has 3 N–H and O–H groups in total. The van der Waals surface area contributed by atoms with Crippen LogP contribution in [0.25, 0.3) is 0 Å². The van der Waals surface area contributed by atoms with E-state index in [1.165, 1.54) is 6.07 Å². The second kappa shape index (κ2) is 5.05. The Morgan fingerprint density at radius 3 is 2.50 bits per heavy atom. The number of aromatic nitrogens is 1. The molecule has 0 aliphatic rings. The maximum atomic E-state index is 11.4. The molecule has 0 saturated heterocycles. The third-order valence-electron chi connectivity index (χ3n) is 2.05. The van der Waals surface area contributed by atoms with E-state index in [9.17, 15) is 4.79 Å². The van der Waals surface area contributed by atoms with E-state index in [0.717, 1.165) is 0 Å².